The number of hydrogen-bond acceptors (Lipinski definition) is 3. The Morgan fingerprint density at radius 3 is 3.04 bits per heavy atom. The highest BCUT2D eigenvalue weighted by atomic mass is 16.3. The number of aryl methyl sites for hydroxylation is 1. The van der Waals surface area contributed by atoms with Crippen molar-refractivity contribution in [3.05, 3.63) is 59.4 Å². The molecule has 1 aliphatic carbocycles. The number of phenols is 1. The summed E-state index contributed by atoms with van der Waals surface area (Å²) in [5, 5.41) is 9.77. The van der Waals surface area contributed by atoms with E-state index >= 15 is 0 Å². The van der Waals surface area contributed by atoms with Crippen LogP contribution in [0.4, 0.5) is 0 Å². The molecule has 5 rings (SSSR count). The van der Waals surface area contributed by atoms with Crippen molar-refractivity contribution in [2.24, 2.45) is 0 Å². The molecule has 2 N–H and O–H groups in total. The number of carbonyl (C=O) groups excluding carboxylic acids is 1. The molecule has 1 amide bonds. The molecule has 5 heteroatoms. The molecule has 26 heavy (non-hydrogen) atoms. The highest BCUT2D eigenvalue weighted by Crippen LogP contribution is 2.42. The number of benzene rings is 2. The molecule has 1 fully saturated rings. The van der Waals surface area contributed by atoms with Crippen LogP contribution in [0.2, 0.25) is 0 Å². The molecule has 5 nitrogen and oxygen atoms in total. The molecule has 1 saturated heterocycles. The number of fused-ring (bicyclic) bond motifs is 4. The van der Waals surface area contributed by atoms with Crippen molar-refractivity contribution < 1.29 is 9.90 Å². The van der Waals surface area contributed by atoms with Gasteiger partial charge in [0.05, 0.1) is 17.4 Å². The number of aromatic nitrogens is 2. The van der Waals surface area contributed by atoms with E-state index in [0.29, 0.717) is 17.2 Å². The summed E-state index contributed by atoms with van der Waals surface area (Å²) in [7, 11) is 0. The van der Waals surface area contributed by atoms with E-state index < -0.39 is 0 Å². The van der Waals surface area contributed by atoms with Crippen LogP contribution in [0.5, 0.6) is 5.75 Å². The number of likely N-dealkylation sites (tertiary alicyclic amines) is 1. The second-order valence-corrected chi connectivity index (χ2v) is 7.37. The Bertz CT molecular complexity index is 994. The first-order valence-corrected chi connectivity index (χ1v) is 9.26. The van der Waals surface area contributed by atoms with Gasteiger partial charge in [0.1, 0.15) is 5.75 Å². The Morgan fingerprint density at radius 2 is 2.12 bits per heavy atom. The number of H-pyrrole nitrogens is 1. The van der Waals surface area contributed by atoms with E-state index in [1.165, 1.54) is 11.1 Å². The lowest BCUT2D eigenvalue weighted by atomic mass is 9.74. The number of nitrogens with one attached hydrogen (secondary N) is 1. The summed E-state index contributed by atoms with van der Waals surface area (Å²) >= 11 is 0. The van der Waals surface area contributed by atoms with Gasteiger partial charge in [0.25, 0.3) is 5.91 Å². The lowest BCUT2D eigenvalue weighted by molar-refractivity contribution is 0.0547. The van der Waals surface area contributed by atoms with Crippen LogP contribution < -0.4 is 0 Å². The normalized spacial score (nSPS) is 22.1. The number of imidazole rings is 1. The molecular weight excluding hydrogens is 326 g/mol. The van der Waals surface area contributed by atoms with Gasteiger partial charge in [-0.3, -0.25) is 4.79 Å². The standard InChI is InChI=1S/C21H21N3O2/c25-15-5-6-16-13(10-15)4-8-20-17(16)2-1-9-24(20)21(26)14-3-7-18-19(11-14)23-12-22-18/h3,5-7,10-12,17,20,25H,1-2,4,8-9H2,(H,22,23)/t17-,20-/m1/s1. The van der Waals surface area contributed by atoms with E-state index in [9.17, 15) is 9.90 Å². The van der Waals surface area contributed by atoms with Crippen LogP contribution in [0.25, 0.3) is 11.0 Å². The summed E-state index contributed by atoms with van der Waals surface area (Å²) in [6.45, 7) is 0.812. The van der Waals surface area contributed by atoms with Crippen molar-refractivity contribution >= 4 is 16.9 Å². The quantitative estimate of drug-likeness (QED) is 0.707. The van der Waals surface area contributed by atoms with Crippen LogP contribution in [0, 0.1) is 0 Å². The zero-order chi connectivity index (χ0) is 17.7. The lowest BCUT2D eigenvalue weighted by Crippen LogP contribution is -2.49. The molecule has 0 bridgehead atoms. The third-order valence-electron chi connectivity index (χ3n) is 5.94. The van der Waals surface area contributed by atoms with Crippen LogP contribution in [0.15, 0.2) is 42.7 Å². The molecule has 0 radical (unpaired) electrons. The molecule has 0 spiro atoms. The Kier molecular flexibility index (Phi) is 3.48. The third-order valence-corrected chi connectivity index (χ3v) is 5.94. The minimum Gasteiger partial charge on any atom is -0.508 e. The van der Waals surface area contributed by atoms with Crippen molar-refractivity contribution in [3.63, 3.8) is 0 Å². The van der Waals surface area contributed by atoms with Gasteiger partial charge in [-0.2, -0.15) is 0 Å². The number of aromatic hydroxyl groups is 1. The van der Waals surface area contributed by atoms with E-state index in [-0.39, 0.29) is 11.9 Å². The summed E-state index contributed by atoms with van der Waals surface area (Å²) in [5.74, 6) is 0.802. The van der Waals surface area contributed by atoms with Gasteiger partial charge >= 0.3 is 0 Å². The van der Waals surface area contributed by atoms with E-state index in [0.717, 1.165) is 43.3 Å². The van der Waals surface area contributed by atoms with Gasteiger partial charge in [-0.15, -0.1) is 0 Å². The lowest BCUT2D eigenvalue weighted by Gasteiger charge is -2.45. The fraction of sp³-hybridized carbons (Fsp3) is 0.333. The molecular formula is C21H21N3O2. The summed E-state index contributed by atoms with van der Waals surface area (Å²) in [5.41, 5.74) is 5.03. The van der Waals surface area contributed by atoms with E-state index in [2.05, 4.69) is 14.9 Å². The van der Waals surface area contributed by atoms with Gasteiger partial charge in [0.2, 0.25) is 0 Å². The van der Waals surface area contributed by atoms with Crippen LogP contribution in [-0.2, 0) is 6.42 Å². The van der Waals surface area contributed by atoms with Crippen molar-refractivity contribution in [2.45, 2.75) is 37.6 Å². The van der Waals surface area contributed by atoms with Gasteiger partial charge in [-0.25, -0.2) is 4.98 Å². The maximum Gasteiger partial charge on any atom is 0.254 e. The molecule has 0 saturated carbocycles. The van der Waals surface area contributed by atoms with Crippen LogP contribution in [0.3, 0.4) is 0 Å². The molecule has 132 valence electrons. The molecule has 1 aromatic heterocycles. The van der Waals surface area contributed by atoms with Crippen molar-refractivity contribution in [1.82, 2.24) is 14.9 Å². The highest BCUT2D eigenvalue weighted by Gasteiger charge is 2.38. The number of hydrogen-bond donors (Lipinski definition) is 2. The molecule has 2 heterocycles. The van der Waals surface area contributed by atoms with Gasteiger partial charge < -0.3 is 15.0 Å². The number of phenolic OH excluding ortho intramolecular Hbond substituents is 1. The van der Waals surface area contributed by atoms with E-state index in [1.54, 1.807) is 12.4 Å². The third kappa shape index (κ3) is 2.38. The average Bonchev–Trinajstić information content (AvgIpc) is 3.14. The van der Waals surface area contributed by atoms with Crippen molar-refractivity contribution in [2.75, 3.05) is 6.54 Å². The van der Waals surface area contributed by atoms with Crippen molar-refractivity contribution in [1.29, 1.82) is 0 Å². The van der Waals surface area contributed by atoms with Gasteiger partial charge in [0, 0.05) is 24.1 Å². The van der Waals surface area contributed by atoms with E-state index in [1.807, 2.05) is 30.3 Å². The zero-order valence-electron chi connectivity index (χ0n) is 14.5. The predicted octanol–water partition coefficient (Wildman–Crippen LogP) is 3.60. The number of piperidine rings is 1. The van der Waals surface area contributed by atoms with Crippen LogP contribution >= 0.6 is 0 Å². The largest absolute Gasteiger partial charge is 0.508 e. The maximum absolute atomic E-state index is 13.2. The topological polar surface area (TPSA) is 69.2 Å². The van der Waals surface area contributed by atoms with Crippen LogP contribution in [0.1, 0.15) is 46.7 Å². The first-order valence-electron chi connectivity index (χ1n) is 9.26. The summed E-state index contributed by atoms with van der Waals surface area (Å²) in [6, 6.07) is 11.6. The monoisotopic (exact) mass is 347 g/mol. The fourth-order valence-corrected chi connectivity index (χ4v) is 4.73. The Hall–Kier alpha value is -2.82. The molecule has 2 aromatic carbocycles. The number of rotatable bonds is 1. The van der Waals surface area contributed by atoms with Crippen molar-refractivity contribution in [3.8, 4) is 5.75 Å². The fourth-order valence-electron chi connectivity index (χ4n) is 4.73. The Labute approximate surface area is 151 Å². The SMILES string of the molecule is O=C(c1ccc2[nH]cnc2c1)N1CCC[C@@H]2c3ccc(O)cc3CC[C@H]21. The highest BCUT2D eigenvalue weighted by molar-refractivity contribution is 5.97. The zero-order valence-corrected chi connectivity index (χ0v) is 14.5. The summed E-state index contributed by atoms with van der Waals surface area (Å²) < 4.78 is 0. The second-order valence-electron chi connectivity index (χ2n) is 7.37. The second kappa shape index (κ2) is 5.87. The molecule has 2 atom stereocenters. The van der Waals surface area contributed by atoms with Gasteiger partial charge in [-0.1, -0.05) is 6.07 Å². The molecule has 0 unspecified atom stereocenters. The van der Waals surface area contributed by atoms with Crippen LogP contribution in [-0.4, -0.2) is 38.5 Å². The molecule has 1 aliphatic heterocycles. The maximum atomic E-state index is 13.2. The Morgan fingerprint density at radius 1 is 1.19 bits per heavy atom. The van der Waals surface area contributed by atoms with E-state index in [4.69, 9.17) is 0 Å². The first kappa shape index (κ1) is 15.4. The number of nitrogens with zero attached hydrogens (tertiary/aromatic N) is 2. The average molecular weight is 347 g/mol. The molecule has 2 aliphatic rings. The van der Waals surface area contributed by atoms with Gasteiger partial charge in [0.15, 0.2) is 0 Å². The summed E-state index contributed by atoms with van der Waals surface area (Å²) in [4.78, 5) is 22.6. The number of aromatic amines is 1. The number of amides is 1. The minimum atomic E-state index is 0.104. The number of carbonyl (C=O) groups is 1. The molecule has 3 aromatic rings. The Balaban J connectivity index is 1.47. The smallest absolute Gasteiger partial charge is 0.254 e. The van der Waals surface area contributed by atoms with Gasteiger partial charge in [-0.05, 0) is 67.1 Å². The minimum absolute atomic E-state index is 0.104. The summed E-state index contributed by atoms with van der Waals surface area (Å²) in [6.07, 6.45) is 5.64. The first-order chi connectivity index (χ1) is 12.7. The predicted molar refractivity (Wildman–Crippen MR) is 99.3 cm³/mol.